The molecule has 22 heavy (non-hydrogen) atoms. The van der Waals surface area contributed by atoms with Crippen molar-refractivity contribution in [2.45, 2.75) is 61.5 Å². The quantitative estimate of drug-likeness (QED) is 0.618. The zero-order chi connectivity index (χ0) is 18.7. The number of aliphatic carboxylic acids is 2. The number of carboxylic acids is 2. The Morgan fingerprint density at radius 2 is 1.09 bits per heavy atom. The molecule has 0 fully saturated rings. The van der Waals surface area contributed by atoms with E-state index in [4.69, 9.17) is 15.3 Å². The second-order valence-corrected chi connectivity index (χ2v) is 6.82. The summed E-state index contributed by atoms with van der Waals surface area (Å²) in [5, 5.41) is 34.3. The predicted octanol–water partition coefficient (Wildman–Crippen LogP) is 2.48. The maximum Gasteiger partial charge on any atom is 0.305 e. The number of carbonyl (C=O) groups is 2. The molecule has 0 aliphatic rings. The molecule has 6 heteroatoms. The number of aliphatic hydroxyl groups is 2. The first-order chi connectivity index (χ1) is 9.70. The molecule has 0 aromatic heterocycles. The van der Waals surface area contributed by atoms with Crippen molar-refractivity contribution < 1.29 is 30.0 Å². The Hall–Kier alpha value is -1.14. The maximum atomic E-state index is 9.70. The summed E-state index contributed by atoms with van der Waals surface area (Å²) in [6.45, 7) is 14.2. The molecule has 6 nitrogen and oxygen atoms in total. The Labute approximate surface area is 134 Å². The highest BCUT2D eigenvalue weighted by Gasteiger charge is 2.28. The predicted molar refractivity (Wildman–Crippen MR) is 86.7 cm³/mol. The van der Waals surface area contributed by atoms with E-state index in [1.54, 1.807) is 27.7 Å². The number of carboxylic acid groups (broad SMARTS) is 2. The van der Waals surface area contributed by atoms with Gasteiger partial charge in [-0.2, -0.15) is 0 Å². The van der Waals surface area contributed by atoms with Crippen LogP contribution >= 0.6 is 0 Å². The molecule has 0 aliphatic heterocycles. The first-order valence-electron chi connectivity index (χ1n) is 7.45. The minimum Gasteiger partial charge on any atom is -0.481 e. The van der Waals surface area contributed by atoms with E-state index < -0.39 is 18.0 Å². The van der Waals surface area contributed by atoms with Gasteiger partial charge in [-0.1, -0.05) is 55.4 Å². The van der Waals surface area contributed by atoms with Crippen LogP contribution in [0.4, 0.5) is 0 Å². The lowest BCUT2D eigenvalue weighted by molar-refractivity contribution is -0.141. The number of hydrogen-bond donors (Lipinski definition) is 4. The molecule has 0 rings (SSSR count). The number of aliphatic hydroxyl groups excluding tert-OH is 2. The van der Waals surface area contributed by atoms with Crippen LogP contribution in [0.15, 0.2) is 0 Å². The van der Waals surface area contributed by atoms with Crippen molar-refractivity contribution in [3.8, 4) is 0 Å². The summed E-state index contributed by atoms with van der Waals surface area (Å²) in [7, 11) is 0. The SMILES string of the molecule is CC(C)C(=O)O.CC(C)C(=O)O.CC(C)C(O)C(C)(C)CO. The van der Waals surface area contributed by atoms with Crippen molar-refractivity contribution in [3.05, 3.63) is 0 Å². The van der Waals surface area contributed by atoms with Crippen LogP contribution in [0.5, 0.6) is 0 Å². The van der Waals surface area contributed by atoms with Crippen LogP contribution in [0.25, 0.3) is 0 Å². The fourth-order valence-corrected chi connectivity index (χ4v) is 0.996. The monoisotopic (exact) mass is 322 g/mol. The zero-order valence-corrected chi connectivity index (χ0v) is 15.1. The highest BCUT2D eigenvalue weighted by Crippen LogP contribution is 2.24. The van der Waals surface area contributed by atoms with Gasteiger partial charge in [-0.25, -0.2) is 0 Å². The lowest BCUT2D eigenvalue weighted by atomic mass is 9.82. The molecule has 1 unspecified atom stereocenters. The Balaban J connectivity index is -0.000000261. The van der Waals surface area contributed by atoms with Crippen molar-refractivity contribution in [2.75, 3.05) is 6.61 Å². The summed E-state index contributed by atoms with van der Waals surface area (Å²) in [5.41, 5.74) is -0.367. The summed E-state index contributed by atoms with van der Waals surface area (Å²) >= 11 is 0. The molecule has 0 amide bonds. The van der Waals surface area contributed by atoms with Crippen LogP contribution in [0.2, 0.25) is 0 Å². The third-order valence-electron chi connectivity index (χ3n) is 2.83. The lowest BCUT2D eigenvalue weighted by Crippen LogP contribution is -2.36. The van der Waals surface area contributed by atoms with Gasteiger partial charge in [-0.3, -0.25) is 9.59 Å². The topological polar surface area (TPSA) is 115 Å². The molecule has 0 saturated heterocycles. The van der Waals surface area contributed by atoms with Gasteiger partial charge in [-0.05, 0) is 5.92 Å². The molecule has 0 heterocycles. The van der Waals surface area contributed by atoms with Crippen molar-refractivity contribution in [2.24, 2.45) is 23.2 Å². The summed E-state index contributed by atoms with van der Waals surface area (Å²) in [6, 6.07) is 0. The van der Waals surface area contributed by atoms with Crippen LogP contribution in [0.1, 0.15) is 55.4 Å². The van der Waals surface area contributed by atoms with Gasteiger partial charge < -0.3 is 20.4 Å². The first-order valence-corrected chi connectivity index (χ1v) is 7.45. The third kappa shape index (κ3) is 15.3. The molecule has 1 atom stereocenters. The Morgan fingerprint density at radius 3 is 1.14 bits per heavy atom. The highest BCUT2D eigenvalue weighted by molar-refractivity contribution is 5.69. The van der Waals surface area contributed by atoms with Crippen molar-refractivity contribution in [1.82, 2.24) is 0 Å². The summed E-state index contributed by atoms with van der Waals surface area (Å²) < 4.78 is 0. The second kappa shape index (κ2) is 12.4. The molecule has 0 radical (unpaired) electrons. The Kier molecular flexibility index (Phi) is 14.5. The summed E-state index contributed by atoms with van der Waals surface area (Å²) in [5.74, 6) is -1.73. The van der Waals surface area contributed by atoms with E-state index in [-0.39, 0.29) is 29.8 Å². The van der Waals surface area contributed by atoms with E-state index >= 15 is 0 Å². The van der Waals surface area contributed by atoms with Gasteiger partial charge >= 0.3 is 11.9 Å². The van der Waals surface area contributed by atoms with E-state index in [1.807, 2.05) is 27.7 Å². The maximum absolute atomic E-state index is 9.70. The molecule has 0 aliphatic carbocycles. The fourth-order valence-electron chi connectivity index (χ4n) is 0.996. The zero-order valence-electron chi connectivity index (χ0n) is 15.1. The van der Waals surface area contributed by atoms with E-state index in [2.05, 4.69) is 0 Å². The molecule has 0 aromatic rings. The Bertz CT molecular complexity index is 290. The first kappa shape index (κ1) is 25.8. The molecule has 134 valence electrons. The average Bonchev–Trinajstić information content (AvgIpc) is 2.38. The summed E-state index contributed by atoms with van der Waals surface area (Å²) in [6.07, 6.45) is -0.419. The van der Waals surface area contributed by atoms with Crippen LogP contribution in [-0.2, 0) is 9.59 Å². The minimum atomic E-state index is -0.741. The van der Waals surface area contributed by atoms with Gasteiger partial charge in [0.1, 0.15) is 0 Å². The molecule has 0 spiro atoms. The molecular formula is C16H34O6. The van der Waals surface area contributed by atoms with Crippen molar-refractivity contribution in [1.29, 1.82) is 0 Å². The molecule has 0 bridgehead atoms. The van der Waals surface area contributed by atoms with Crippen LogP contribution < -0.4 is 0 Å². The normalized spacial score (nSPS) is 12.2. The van der Waals surface area contributed by atoms with Gasteiger partial charge in [0, 0.05) is 5.41 Å². The molecular weight excluding hydrogens is 288 g/mol. The minimum absolute atomic E-state index is 0.0341. The second-order valence-electron chi connectivity index (χ2n) is 6.82. The largest absolute Gasteiger partial charge is 0.481 e. The van der Waals surface area contributed by atoms with Gasteiger partial charge in [0.15, 0.2) is 0 Å². The van der Waals surface area contributed by atoms with Gasteiger partial charge in [0.05, 0.1) is 24.5 Å². The molecule has 0 saturated carbocycles. The summed E-state index contributed by atoms with van der Waals surface area (Å²) in [4.78, 5) is 19.4. The fraction of sp³-hybridized carbons (Fsp3) is 0.875. The van der Waals surface area contributed by atoms with Gasteiger partial charge in [-0.15, -0.1) is 0 Å². The smallest absolute Gasteiger partial charge is 0.305 e. The van der Waals surface area contributed by atoms with Gasteiger partial charge in [0.25, 0.3) is 0 Å². The lowest BCUT2D eigenvalue weighted by Gasteiger charge is -2.30. The van der Waals surface area contributed by atoms with Gasteiger partial charge in [0.2, 0.25) is 0 Å². The van der Waals surface area contributed by atoms with Crippen LogP contribution in [-0.4, -0.2) is 45.1 Å². The molecule has 0 aromatic carbocycles. The van der Waals surface area contributed by atoms with E-state index in [0.717, 1.165) is 0 Å². The molecule has 4 N–H and O–H groups in total. The number of hydrogen-bond acceptors (Lipinski definition) is 4. The van der Waals surface area contributed by atoms with E-state index in [9.17, 15) is 14.7 Å². The Morgan fingerprint density at radius 1 is 0.864 bits per heavy atom. The highest BCUT2D eigenvalue weighted by atomic mass is 16.4. The standard InChI is InChI=1S/C8H18O2.2C4H8O2/c1-6(2)7(10)8(3,4)5-9;2*1-3(2)4(5)6/h6-7,9-10H,5H2,1-4H3;2*3H,1-2H3,(H,5,6). The van der Waals surface area contributed by atoms with E-state index in [1.165, 1.54) is 0 Å². The third-order valence-corrected chi connectivity index (χ3v) is 2.83. The van der Waals surface area contributed by atoms with Crippen molar-refractivity contribution in [3.63, 3.8) is 0 Å². The van der Waals surface area contributed by atoms with Crippen molar-refractivity contribution >= 4 is 11.9 Å². The average molecular weight is 322 g/mol. The number of rotatable bonds is 5. The van der Waals surface area contributed by atoms with Crippen LogP contribution in [0, 0.1) is 23.2 Å². The van der Waals surface area contributed by atoms with Crippen LogP contribution in [0.3, 0.4) is 0 Å². The van der Waals surface area contributed by atoms with E-state index in [0.29, 0.717) is 0 Å².